The van der Waals surface area contributed by atoms with Crippen molar-refractivity contribution in [3.05, 3.63) is 53.7 Å². The number of carbonyl (C=O) groups is 1. The van der Waals surface area contributed by atoms with Gasteiger partial charge in [0, 0.05) is 24.3 Å². The van der Waals surface area contributed by atoms with Gasteiger partial charge in [-0.15, -0.1) is 16.4 Å². The molecule has 2 aliphatic heterocycles. The third-order valence-electron chi connectivity index (χ3n) is 5.56. The summed E-state index contributed by atoms with van der Waals surface area (Å²) in [6.45, 7) is 1.78. The summed E-state index contributed by atoms with van der Waals surface area (Å²) in [5.74, 6) is -0.124. The maximum atomic E-state index is 12.4. The molecule has 0 aliphatic carbocycles. The first kappa shape index (κ1) is 20.4. The molecule has 4 unspecified atom stereocenters. The van der Waals surface area contributed by atoms with Gasteiger partial charge in [0.15, 0.2) is 12.1 Å². The van der Waals surface area contributed by atoms with Gasteiger partial charge in [0.2, 0.25) is 0 Å². The van der Waals surface area contributed by atoms with Gasteiger partial charge in [-0.3, -0.25) is 4.79 Å². The van der Waals surface area contributed by atoms with Crippen molar-refractivity contribution < 1.29 is 23.7 Å². The fourth-order valence-electron chi connectivity index (χ4n) is 4.14. The Labute approximate surface area is 182 Å². The van der Waals surface area contributed by atoms with Gasteiger partial charge in [0.25, 0.3) is 0 Å². The summed E-state index contributed by atoms with van der Waals surface area (Å²) in [4.78, 5) is 16.7. The summed E-state index contributed by atoms with van der Waals surface area (Å²) >= 11 is 1.48. The molecule has 10 heteroatoms. The van der Waals surface area contributed by atoms with E-state index in [1.165, 1.54) is 18.3 Å². The Morgan fingerprint density at radius 1 is 1.26 bits per heavy atom. The van der Waals surface area contributed by atoms with E-state index in [1.807, 2.05) is 41.9 Å². The van der Waals surface area contributed by atoms with Crippen LogP contribution in [0.3, 0.4) is 0 Å². The molecule has 0 N–H and O–H groups in total. The lowest BCUT2D eigenvalue weighted by atomic mass is 9.90. The van der Waals surface area contributed by atoms with Crippen molar-refractivity contribution in [2.45, 2.75) is 43.7 Å². The molecule has 162 valence electrons. The van der Waals surface area contributed by atoms with Crippen molar-refractivity contribution in [2.75, 3.05) is 13.7 Å². The van der Waals surface area contributed by atoms with Crippen molar-refractivity contribution in [3.63, 3.8) is 0 Å². The minimum atomic E-state index is -0.760. The zero-order chi connectivity index (χ0) is 21.4. The number of benzene rings is 1. The van der Waals surface area contributed by atoms with Crippen LogP contribution in [0.1, 0.15) is 24.8 Å². The van der Waals surface area contributed by atoms with Gasteiger partial charge < -0.3 is 18.9 Å². The first-order valence-electron chi connectivity index (χ1n) is 9.98. The molecule has 0 amide bonds. The number of carbonyl (C=O) groups excluding carboxylic acids is 1. The number of hydrogen-bond donors (Lipinski definition) is 0. The number of hydrogen-bond acceptors (Lipinski definition) is 9. The number of methoxy groups -OCH3 is 1. The van der Waals surface area contributed by atoms with E-state index >= 15 is 0 Å². The third kappa shape index (κ3) is 3.81. The van der Waals surface area contributed by atoms with Gasteiger partial charge in [-0.05, 0) is 6.92 Å². The molecule has 0 saturated carbocycles. The summed E-state index contributed by atoms with van der Waals surface area (Å²) in [5, 5.41) is 11.3. The predicted octanol–water partition coefficient (Wildman–Crippen LogP) is 2.43. The van der Waals surface area contributed by atoms with Crippen LogP contribution in [0.2, 0.25) is 0 Å². The lowest BCUT2D eigenvalue weighted by Gasteiger charge is -2.48. The van der Waals surface area contributed by atoms with Crippen LogP contribution in [-0.4, -0.2) is 63.9 Å². The Hall–Kier alpha value is -2.50. The Morgan fingerprint density at radius 3 is 2.81 bits per heavy atom. The third-order valence-corrected chi connectivity index (χ3v) is 6.36. The Bertz CT molecular complexity index is 1030. The van der Waals surface area contributed by atoms with Gasteiger partial charge >= 0.3 is 0 Å². The number of Topliss-reactive ketones (excluding diaryl/α,β-unsaturated/α-hetero) is 1. The van der Waals surface area contributed by atoms with Crippen LogP contribution in [0.5, 0.6) is 0 Å². The monoisotopic (exact) mass is 442 g/mol. The number of fused-ring (bicyclic) bond motifs is 1. The minimum absolute atomic E-state index is 0.124. The van der Waals surface area contributed by atoms with Crippen LogP contribution >= 0.6 is 11.3 Å². The largest absolute Gasteiger partial charge is 0.376 e. The maximum Gasteiger partial charge on any atom is 0.184 e. The summed E-state index contributed by atoms with van der Waals surface area (Å²) < 4.78 is 25.8. The van der Waals surface area contributed by atoms with Gasteiger partial charge in [0.1, 0.15) is 41.2 Å². The summed E-state index contributed by atoms with van der Waals surface area (Å²) in [5.41, 5.74) is 1.56. The fraction of sp³-hybridized carbons (Fsp3) is 0.429. The molecule has 0 spiro atoms. The molecule has 1 aromatic carbocycles. The molecule has 3 aromatic rings. The molecule has 6 atom stereocenters. The highest BCUT2D eigenvalue weighted by Gasteiger charge is 2.52. The molecule has 2 aromatic heterocycles. The van der Waals surface area contributed by atoms with Crippen LogP contribution in [0.4, 0.5) is 0 Å². The zero-order valence-electron chi connectivity index (χ0n) is 17.0. The fourth-order valence-corrected chi connectivity index (χ4v) is 4.73. The molecule has 0 bridgehead atoms. The average molecular weight is 442 g/mol. The molecule has 2 aliphatic rings. The molecule has 2 fully saturated rings. The smallest absolute Gasteiger partial charge is 0.184 e. The van der Waals surface area contributed by atoms with Crippen LogP contribution in [0.15, 0.2) is 48.1 Å². The summed E-state index contributed by atoms with van der Waals surface area (Å²) in [7, 11) is 1.56. The molecule has 9 nitrogen and oxygen atoms in total. The van der Waals surface area contributed by atoms with Crippen molar-refractivity contribution in [3.8, 4) is 10.7 Å². The highest BCUT2D eigenvalue weighted by molar-refractivity contribution is 7.13. The van der Waals surface area contributed by atoms with Crippen molar-refractivity contribution in [2.24, 2.45) is 0 Å². The highest BCUT2D eigenvalue weighted by atomic mass is 32.1. The van der Waals surface area contributed by atoms with Crippen LogP contribution < -0.4 is 0 Å². The number of nitrogens with zero attached hydrogens (tertiary/aromatic N) is 4. The van der Waals surface area contributed by atoms with E-state index in [4.69, 9.17) is 18.9 Å². The van der Waals surface area contributed by atoms with E-state index < -0.39 is 36.7 Å². The molecule has 4 heterocycles. The van der Waals surface area contributed by atoms with Gasteiger partial charge in [-0.25, -0.2) is 9.67 Å². The quantitative estimate of drug-likeness (QED) is 0.594. The molecule has 2 saturated heterocycles. The van der Waals surface area contributed by atoms with E-state index in [0.717, 1.165) is 10.6 Å². The number of rotatable bonds is 5. The molecular formula is C21H22N4O5S. The van der Waals surface area contributed by atoms with Gasteiger partial charge in [0.05, 0.1) is 12.8 Å². The van der Waals surface area contributed by atoms with Crippen molar-refractivity contribution >= 4 is 17.1 Å². The SMILES string of the molecule is COC1C(n2cc(-c3nccs3)nn2)[C@H]2OC(c3ccccc3)OCC2O[C@H]1C(C)=O. The van der Waals surface area contributed by atoms with E-state index in [2.05, 4.69) is 15.3 Å². The first-order valence-corrected chi connectivity index (χ1v) is 10.9. The van der Waals surface area contributed by atoms with Crippen molar-refractivity contribution in [1.82, 2.24) is 20.0 Å². The van der Waals surface area contributed by atoms with Crippen LogP contribution in [0.25, 0.3) is 10.7 Å². The van der Waals surface area contributed by atoms with Gasteiger partial charge in [-0.1, -0.05) is 35.5 Å². The Kier molecular flexibility index (Phi) is 5.63. The second-order valence-corrected chi connectivity index (χ2v) is 8.39. The molecular weight excluding hydrogens is 420 g/mol. The van der Waals surface area contributed by atoms with E-state index in [1.54, 1.807) is 18.0 Å². The molecule has 31 heavy (non-hydrogen) atoms. The minimum Gasteiger partial charge on any atom is -0.376 e. The number of ether oxygens (including phenoxy) is 4. The van der Waals surface area contributed by atoms with Crippen LogP contribution in [0, 0.1) is 0 Å². The Balaban J connectivity index is 1.51. The zero-order valence-corrected chi connectivity index (χ0v) is 17.8. The lowest BCUT2D eigenvalue weighted by Crippen LogP contribution is -2.61. The molecule has 5 rings (SSSR count). The highest BCUT2D eigenvalue weighted by Crippen LogP contribution is 2.40. The Morgan fingerprint density at radius 2 is 2.10 bits per heavy atom. The van der Waals surface area contributed by atoms with E-state index in [0.29, 0.717) is 5.69 Å². The maximum absolute atomic E-state index is 12.4. The average Bonchev–Trinajstić information content (AvgIpc) is 3.50. The molecule has 0 radical (unpaired) electrons. The van der Waals surface area contributed by atoms with Gasteiger partial charge in [-0.2, -0.15) is 0 Å². The number of aromatic nitrogens is 4. The van der Waals surface area contributed by atoms with Crippen molar-refractivity contribution in [1.29, 1.82) is 0 Å². The lowest BCUT2D eigenvalue weighted by molar-refractivity contribution is -0.314. The summed E-state index contributed by atoms with van der Waals surface area (Å²) in [6.07, 6.45) is 0.721. The number of ketones is 1. The standard InChI is InChI=1S/C21H22N4O5S/c1-12(26)17-19(27-2)16(25-10-14(23-24-25)20-22-8-9-31-20)18-15(29-17)11-28-21(30-18)13-6-4-3-5-7-13/h3-10,15-19,21H,11H2,1-2H3/t15?,16?,17-,18-,19?,21?/m0/s1. The normalized spacial score (nSPS) is 30.6. The second kappa shape index (κ2) is 8.56. The van der Waals surface area contributed by atoms with E-state index in [9.17, 15) is 4.79 Å². The topological polar surface area (TPSA) is 97.6 Å². The predicted molar refractivity (Wildman–Crippen MR) is 110 cm³/mol. The number of thiazole rings is 1. The second-order valence-electron chi connectivity index (χ2n) is 7.49. The van der Waals surface area contributed by atoms with Crippen LogP contribution in [-0.2, 0) is 23.7 Å². The van der Waals surface area contributed by atoms with E-state index in [-0.39, 0.29) is 12.4 Å². The summed E-state index contributed by atoms with van der Waals surface area (Å²) in [6, 6.07) is 9.27. The first-order chi connectivity index (χ1) is 15.2.